The number of hydrogen-bond donors (Lipinski definition) is 2. The molecule has 0 heterocycles. The van der Waals surface area contributed by atoms with Crippen molar-refractivity contribution in [1.29, 1.82) is 0 Å². The normalized spacial score (nSPS) is 23.9. The van der Waals surface area contributed by atoms with Crippen molar-refractivity contribution < 1.29 is 9.50 Å². The van der Waals surface area contributed by atoms with Gasteiger partial charge >= 0.3 is 0 Å². The summed E-state index contributed by atoms with van der Waals surface area (Å²) >= 11 is 0. The Morgan fingerprint density at radius 2 is 2.11 bits per heavy atom. The van der Waals surface area contributed by atoms with Gasteiger partial charge in [-0.25, -0.2) is 4.39 Å². The van der Waals surface area contributed by atoms with Crippen molar-refractivity contribution in [3.8, 4) is 0 Å². The van der Waals surface area contributed by atoms with Crippen molar-refractivity contribution in [2.24, 2.45) is 5.92 Å². The van der Waals surface area contributed by atoms with Crippen LogP contribution in [0.2, 0.25) is 0 Å². The fraction of sp³-hybridized carbons (Fsp3) is 0.625. The quantitative estimate of drug-likeness (QED) is 0.794. The highest BCUT2D eigenvalue weighted by Crippen LogP contribution is 2.38. The zero-order chi connectivity index (χ0) is 13.7. The highest BCUT2D eigenvalue weighted by Gasteiger charge is 2.31. The van der Waals surface area contributed by atoms with Crippen molar-refractivity contribution in [2.75, 3.05) is 13.2 Å². The smallest absolute Gasteiger partial charge is 0.126 e. The Hall–Kier alpha value is -0.930. The topological polar surface area (TPSA) is 32.3 Å². The summed E-state index contributed by atoms with van der Waals surface area (Å²) in [6.45, 7) is 3.39. The standard InChI is InChI=1S/C16H24FNO/c1-2-12(7-8-19)11-18-14-9-13(10-14)15-5-3-4-6-16(15)17/h3-6,12-14,18-19H,2,7-11H2,1H3. The van der Waals surface area contributed by atoms with E-state index >= 15 is 0 Å². The molecule has 1 atom stereocenters. The molecule has 1 aliphatic carbocycles. The van der Waals surface area contributed by atoms with E-state index in [1.54, 1.807) is 12.1 Å². The van der Waals surface area contributed by atoms with Crippen LogP contribution in [-0.2, 0) is 0 Å². The Bertz CT molecular complexity index is 390. The van der Waals surface area contributed by atoms with Crippen LogP contribution in [0.1, 0.15) is 44.1 Å². The number of nitrogens with one attached hydrogen (secondary N) is 1. The molecule has 106 valence electrons. The van der Waals surface area contributed by atoms with Crippen molar-refractivity contribution in [3.63, 3.8) is 0 Å². The first-order chi connectivity index (χ1) is 9.24. The van der Waals surface area contributed by atoms with Gasteiger partial charge in [-0.05, 0) is 49.3 Å². The zero-order valence-electron chi connectivity index (χ0n) is 11.6. The van der Waals surface area contributed by atoms with E-state index in [4.69, 9.17) is 5.11 Å². The van der Waals surface area contributed by atoms with Crippen LogP contribution in [-0.4, -0.2) is 24.3 Å². The lowest BCUT2D eigenvalue weighted by Gasteiger charge is -2.37. The van der Waals surface area contributed by atoms with Crippen LogP contribution < -0.4 is 5.32 Å². The summed E-state index contributed by atoms with van der Waals surface area (Å²) < 4.78 is 13.6. The maximum absolute atomic E-state index is 13.6. The monoisotopic (exact) mass is 265 g/mol. The molecule has 1 unspecified atom stereocenters. The summed E-state index contributed by atoms with van der Waals surface area (Å²) in [5.41, 5.74) is 0.864. The Kier molecular flexibility index (Phi) is 5.34. The molecule has 0 aromatic heterocycles. The SMILES string of the molecule is CCC(CCO)CNC1CC(c2ccccc2F)C1. The Balaban J connectivity index is 1.73. The Morgan fingerprint density at radius 3 is 2.74 bits per heavy atom. The van der Waals surface area contributed by atoms with E-state index in [-0.39, 0.29) is 12.4 Å². The number of benzene rings is 1. The van der Waals surface area contributed by atoms with Crippen LogP contribution in [0.15, 0.2) is 24.3 Å². The van der Waals surface area contributed by atoms with E-state index in [1.807, 2.05) is 12.1 Å². The van der Waals surface area contributed by atoms with Crippen molar-refractivity contribution >= 4 is 0 Å². The lowest BCUT2D eigenvalue weighted by Crippen LogP contribution is -2.42. The van der Waals surface area contributed by atoms with Crippen LogP contribution in [0.25, 0.3) is 0 Å². The van der Waals surface area contributed by atoms with Gasteiger partial charge in [-0.1, -0.05) is 31.5 Å². The zero-order valence-corrected chi connectivity index (χ0v) is 11.6. The fourth-order valence-corrected chi connectivity index (χ4v) is 2.81. The van der Waals surface area contributed by atoms with Crippen LogP contribution >= 0.6 is 0 Å². The molecule has 0 aliphatic heterocycles. The minimum absolute atomic E-state index is 0.0716. The molecule has 1 aromatic carbocycles. The molecule has 2 rings (SSSR count). The molecule has 2 N–H and O–H groups in total. The number of hydrogen-bond acceptors (Lipinski definition) is 2. The Labute approximate surface area is 115 Å². The summed E-state index contributed by atoms with van der Waals surface area (Å²) in [6, 6.07) is 7.61. The number of aliphatic hydroxyl groups is 1. The molecule has 1 fully saturated rings. The van der Waals surface area contributed by atoms with Gasteiger partial charge < -0.3 is 10.4 Å². The maximum Gasteiger partial charge on any atom is 0.126 e. The number of halogens is 1. The minimum Gasteiger partial charge on any atom is -0.396 e. The second-order valence-corrected chi connectivity index (χ2v) is 5.58. The maximum atomic E-state index is 13.6. The average Bonchev–Trinajstić information content (AvgIpc) is 2.37. The molecule has 0 radical (unpaired) electrons. The lowest BCUT2D eigenvalue weighted by atomic mass is 9.75. The van der Waals surface area contributed by atoms with Crippen molar-refractivity contribution in [1.82, 2.24) is 5.32 Å². The molecule has 0 saturated heterocycles. The molecule has 1 aliphatic rings. The van der Waals surface area contributed by atoms with Gasteiger partial charge in [0.15, 0.2) is 0 Å². The number of aliphatic hydroxyl groups excluding tert-OH is 1. The molecule has 3 heteroatoms. The molecular weight excluding hydrogens is 241 g/mol. The first-order valence-electron chi connectivity index (χ1n) is 7.33. The molecular formula is C16H24FNO. The molecule has 19 heavy (non-hydrogen) atoms. The Morgan fingerprint density at radius 1 is 1.37 bits per heavy atom. The minimum atomic E-state index is -0.0716. The van der Waals surface area contributed by atoms with E-state index < -0.39 is 0 Å². The highest BCUT2D eigenvalue weighted by molar-refractivity contribution is 5.24. The molecule has 1 saturated carbocycles. The second-order valence-electron chi connectivity index (χ2n) is 5.58. The van der Waals surface area contributed by atoms with Gasteiger partial charge in [-0.3, -0.25) is 0 Å². The van der Waals surface area contributed by atoms with Gasteiger partial charge in [0.2, 0.25) is 0 Å². The van der Waals surface area contributed by atoms with Crippen LogP contribution in [0.3, 0.4) is 0 Å². The third-order valence-electron chi connectivity index (χ3n) is 4.29. The molecule has 0 spiro atoms. The van der Waals surface area contributed by atoms with Crippen molar-refractivity contribution in [2.45, 2.75) is 44.6 Å². The summed E-state index contributed by atoms with van der Waals surface area (Å²) in [5.74, 6) is 0.854. The summed E-state index contributed by atoms with van der Waals surface area (Å²) in [6.07, 6.45) is 4.01. The largest absolute Gasteiger partial charge is 0.396 e. The lowest BCUT2D eigenvalue weighted by molar-refractivity contribution is 0.230. The first kappa shape index (κ1) is 14.5. The van der Waals surface area contributed by atoms with Gasteiger partial charge in [-0.15, -0.1) is 0 Å². The third kappa shape index (κ3) is 3.77. The predicted molar refractivity (Wildman–Crippen MR) is 75.6 cm³/mol. The van der Waals surface area contributed by atoms with Gasteiger partial charge in [0.05, 0.1) is 0 Å². The number of rotatable bonds is 7. The highest BCUT2D eigenvalue weighted by atomic mass is 19.1. The molecule has 2 nitrogen and oxygen atoms in total. The molecule has 1 aromatic rings. The summed E-state index contributed by atoms with van der Waals surface area (Å²) in [4.78, 5) is 0. The van der Waals surface area contributed by atoms with E-state index in [2.05, 4.69) is 12.2 Å². The second kappa shape index (κ2) is 7.01. The van der Waals surface area contributed by atoms with Gasteiger partial charge in [0, 0.05) is 12.6 Å². The van der Waals surface area contributed by atoms with Crippen LogP contribution in [0, 0.1) is 11.7 Å². The van der Waals surface area contributed by atoms with E-state index in [0.717, 1.165) is 37.8 Å². The summed E-state index contributed by atoms with van der Waals surface area (Å²) in [5, 5.41) is 12.5. The van der Waals surface area contributed by atoms with Gasteiger partial charge in [-0.2, -0.15) is 0 Å². The van der Waals surface area contributed by atoms with Crippen molar-refractivity contribution in [3.05, 3.63) is 35.6 Å². The first-order valence-corrected chi connectivity index (χ1v) is 7.33. The van der Waals surface area contributed by atoms with E-state index in [0.29, 0.717) is 17.9 Å². The van der Waals surface area contributed by atoms with Crippen LogP contribution in [0.5, 0.6) is 0 Å². The van der Waals surface area contributed by atoms with Gasteiger partial charge in [0.25, 0.3) is 0 Å². The molecule has 0 amide bonds. The van der Waals surface area contributed by atoms with Gasteiger partial charge in [0.1, 0.15) is 5.82 Å². The van der Waals surface area contributed by atoms with Crippen LogP contribution in [0.4, 0.5) is 4.39 Å². The summed E-state index contributed by atoms with van der Waals surface area (Å²) in [7, 11) is 0. The predicted octanol–water partition coefficient (Wildman–Crippen LogP) is 3.07. The molecule has 0 bridgehead atoms. The average molecular weight is 265 g/mol. The van der Waals surface area contributed by atoms with E-state index in [1.165, 1.54) is 0 Å². The third-order valence-corrected chi connectivity index (χ3v) is 4.29. The fourth-order valence-electron chi connectivity index (χ4n) is 2.81. The van der Waals surface area contributed by atoms with E-state index in [9.17, 15) is 4.39 Å².